The smallest absolute Gasteiger partial charge is 0.319 e. The number of urea groups is 1. The highest BCUT2D eigenvalue weighted by Gasteiger charge is 2.04. The van der Waals surface area contributed by atoms with Crippen LogP contribution in [0.2, 0.25) is 0 Å². The van der Waals surface area contributed by atoms with Crippen molar-refractivity contribution in [2.45, 2.75) is 6.54 Å². The first kappa shape index (κ1) is 13.2. The first-order valence-corrected chi connectivity index (χ1v) is 6.83. The molecule has 0 radical (unpaired) electrons. The summed E-state index contributed by atoms with van der Waals surface area (Å²) >= 11 is 0. The molecule has 0 aliphatic heterocycles. The van der Waals surface area contributed by atoms with Crippen LogP contribution in [0.25, 0.3) is 10.8 Å². The zero-order chi connectivity index (χ0) is 14.5. The van der Waals surface area contributed by atoms with Gasteiger partial charge in [-0.15, -0.1) is 0 Å². The van der Waals surface area contributed by atoms with Crippen LogP contribution in [0.15, 0.2) is 60.9 Å². The average Bonchev–Trinajstić information content (AvgIpc) is 3.01. The molecule has 1 aromatic heterocycles. The number of nitrogens with zero attached hydrogens (tertiary/aromatic N) is 2. The van der Waals surface area contributed by atoms with Gasteiger partial charge in [0.1, 0.15) is 0 Å². The minimum absolute atomic E-state index is 0.210. The summed E-state index contributed by atoms with van der Waals surface area (Å²) in [7, 11) is 0. The maximum atomic E-state index is 11.9. The highest BCUT2D eigenvalue weighted by molar-refractivity contribution is 6.01. The molecule has 3 aromatic rings. The third-order valence-electron chi connectivity index (χ3n) is 3.22. The molecule has 5 heteroatoms. The summed E-state index contributed by atoms with van der Waals surface area (Å²) in [6.07, 6.45) is 3.58. The Balaban J connectivity index is 1.61. The summed E-state index contributed by atoms with van der Waals surface area (Å²) in [6, 6.07) is 15.5. The molecule has 106 valence electrons. The van der Waals surface area contributed by atoms with Crippen molar-refractivity contribution in [2.75, 3.05) is 11.9 Å². The van der Waals surface area contributed by atoms with E-state index in [-0.39, 0.29) is 6.03 Å². The van der Waals surface area contributed by atoms with Crippen molar-refractivity contribution < 1.29 is 4.79 Å². The zero-order valence-corrected chi connectivity index (χ0v) is 11.5. The number of hydrogen-bond acceptors (Lipinski definition) is 2. The number of rotatable bonds is 4. The summed E-state index contributed by atoms with van der Waals surface area (Å²) in [5.41, 5.74) is 0.810. The quantitative estimate of drug-likeness (QED) is 0.772. The lowest BCUT2D eigenvalue weighted by Gasteiger charge is -2.10. The van der Waals surface area contributed by atoms with E-state index < -0.39 is 0 Å². The van der Waals surface area contributed by atoms with Crippen LogP contribution in [0.1, 0.15) is 0 Å². The molecule has 0 aliphatic carbocycles. The molecule has 1 heterocycles. The van der Waals surface area contributed by atoms with Crippen molar-refractivity contribution in [3.05, 3.63) is 60.9 Å². The fourth-order valence-corrected chi connectivity index (χ4v) is 2.22. The summed E-state index contributed by atoms with van der Waals surface area (Å²) in [6.45, 7) is 1.17. The first-order valence-electron chi connectivity index (χ1n) is 6.83. The number of fused-ring (bicyclic) bond motifs is 1. The van der Waals surface area contributed by atoms with E-state index in [2.05, 4.69) is 15.7 Å². The zero-order valence-electron chi connectivity index (χ0n) is 11.5. The van der Waals surface area contributed by atoms with E-state index in [1.54, 1.807) is 10.9 Å². The highest BCUT2D eigenvalue weighted by atomic mass is 16.2. The van der Waals surface area contributed by atoms with Crippen LogP contribution in [0.5, 0.6) is 0 Å². The van der Waals surface area contributed by atoms with Crippen LogP contribution in [0, 0.1) is 0 Å². The molecule has 0 aliphatic rings. The van der Waals surface area contributed by atoms with Crippen molar-refractivity contribution >= 4 is 22.5 Å². The molecule has 0 saturated heterocycles. The lowest BCUT2D eigenvalue weighted by atomic mass is 10.1. The van der Waals surface area contributed by atoms with Gasteiger partial charge in [0, 0.05) is 24.3 Å². The molecule has 0 saturated carbocycles. The van der Waals surface area contributed by atoms with E-state index in [9.17, 15) is 4.79 Å². The lowest BCUT2D eigenvalue weighted by Crippen LogP contribution is -2.31. The monoisotopic (exact) mass is 280 g/mol. The Labute approximate surface area is 122 Å². The second-order valence-corrected chi connectivity index (χ2v) is 4.68. The molecule has 3 rings (SSSR count). The third kappa shape index (κ3) is 3.20. The predicted molar refractivity (Wildman–Crippen MR) is 83.2 cm³/mol. The molecule has 0 fully saturated rings. The summed E-state index contributed by atoms with van der Waals surface area (Å²) in [5, 5.41) is 11.9. The van der Waals surface area contributed by atoms with E-state index >= 15 is 0 Å². The lowest BCUT2D eigenvalue weighted by molar-refractivity contribution is 0.251. The number of carbonyl (C=O) groups is 1. The van der Waals surface area contributed by atoms with Gasteiger partial charge >= 0.3 is 6.03 Å². The molecular weight excluding hydrogens is 264 g/mol. The molecule has 2 aromatic carbocycles. The van der Waals surface area contributed by atoms with E-state index in [1.807, 2.05) is 54.7 Å². The maximum Gasteiger partial charge on any atom is 0.319 e. The van der Waals surface area contributed by atoms with Gasteiger partial charge in [-0.25, -0.2) is 4.79 Å². The van der Waals surface area contributed by atoms with Gasteiger partial charge < -0.3 is 10.6 Å². The molecule has 0 unspecified atom stereocenters. The summed E-state index contributed by atoms with van der Waals surface area (Å²) in [5.74, 6) is 0. The Hall–Kier alpha value is -2.82. The summed E-state index contributed by atoms with van der Waals surface area (Å²) in [4.78, 5) is 11.9. The number of amides is 2. The van der Waals surface area contributed by atoms with E-state index in [4.69, 9.17) is 0 Å². The Morgan fingerprint density at radius 2 is 1.95 bits per heavy atom. The number of hydrogen-bond donors (Lipinski definition) is 2. The minimum atomic E-state index is -0.210. The number of anilines is 1. The number of nitrogens with one attached hydrogen (secondary N) is 2. The van der Waals surface area contributed by atoms with Gasteiger partial charge in [0.2, 0.25) is 0 Å². The maximum absolute atomic E-state index is 11.9. The predicted octanol–water partition coefficient (Wildman–Crippen LogP) is 2.86. The molecule has 0 atom stereocenters. The van der Waals surface area contributed by atoms with Gasteiger partial charge in [-0.3, -0.25) is 4.68 Å². The molecule has 0 bridgehead atoms. The van der Waals surface area contributed by atoms with Crippen molar-refractivity contribution in [3.63, 3.8) is 0 Å². The minimum Gasteiger partial charge on any atom is -0.336 e. The fraction of sp³-hybridized carbons (Fsp3) is 0.125. The van der Waals surface area contributed by atoms with E-state index in [1.165, 1.54) is 0 Å². The van der Waals surface area contributed by atoms with Crippen LogP contribution in [-0.2, 0) is 6.54 Å². The van der Waals surface area contributed by atoms with Crippen LogP contribution in [0.3, 0.4) is 0 Å². The fourth-order valence-electron chi connectivity index (χ4n) is 2.22. The normalized spacial score (nSPS) is 10.5. The second-order valence-electron chi connectivity index (χ2n) is 4.68. The van der Waals surface area contributed by atoms with Crippen LogP contribution in [-0.4, -0.2) is 22.4 Å². The summed E-state index contributed by atoms with van der Waals surface area (Å²) < 4.78 is 1.78. The highest BCUT2D eigenvalue weighted by Crippen LogP contribution is 2.22. The van der Waals surface area contributed by atoms with Crippen LogP contribution >= 0.6 is 0 Å². The average molecular weight is 280 g/mol. The molecule has 2 N–H and O–H groups in total. The third-order valence-corrected chi connectivity index (χ3v) is 3.22. The van der Waals surface area contributed by atoms with Gasteiger partial charge in [-0.05, 0) is 17.5 Å². The molecular formula is C16H16N4O. The van der Waals surface area contributed by atoms with Crippen LogP contribution in [0.4, 0.5) is 10.5 Å². The number of benzene rings is 2. The van der Waals surface area contributed by atoms with Gasteiger partial charge in [0.15, 0.2) is 0 Å². The Kier molecular flexibility index (Phi) is 3.82. The number of carbonyl (C=O) groups excluding carboxylic acids is 1. The van der Waals surface area contributed by atoms with Crippen molar-refractivity contribution in [2.24, 2.45) is 0 Å². The Morgan fingerprint density at radius 1 is 1.10 bits per heavy atom. The van der Waals surface area contributed by atoms with Crippen molar-refractivity contribution in [1.82, 2.24) is 15.1 Å². The largest absolute Gasteiger partial charge is 0.336 e. The second kappa shape index (κ2) is 6.09. The molecule has 5 nitrogen and oxygen atoms in total. The van der Waals surface area contributed by atoms with Gasteiger partial charge in [0.05, 0.1) is 12.2 Å². The molecule has 21 heavy (non-hydrogen) atoms. The molecule has 0 spiro atoms. The van der Waals surface area contributed by atoms with Gasteiger partial charge in [-0.2, -0.15) is 5.10 Å². The molecule has 2 amide bonds. The van der Waals surface area contributed by atoms with Gasteiger partial charge in [0.25, 0.3) is 0 Å². The Bertz CT molecular complexity index is 732. The van der Waals surface area contributed by atoms with E-state index in [0.29, 0.717) is 13.1 Å². The van der Waals surface area contributed by atoms with E-state index in [0.717, 1.165) is 16.5 Å². The van der Waals surface area contributed by atoms with Crippen molar-refractivity contribution in [1.29, 1.82) is 0 Å². The standard InChI is InChI=1S/C16H16N4O/c21-16(17-10-12-20-11-4-9-18-20)19-15-8-3-6-13-5-1-2-7-14(13)15/h1-9,11H,10,12H2,(H2,17,19,21). The Morgan fingerprint density at radius 3 is 2.81 bits per heavy atom. The number of aromatic nitrogens is 2. The SMILES string of the molecule is O=C(NCCn1cccn1)Nc1cccc2ccccc12. The topological polar surface area (TPSA) is 59.0 Å². The van der Waals surface area contributed by atoms with Gasteiger partial charge in [-0.1, -0.05) is 36.4 Å². The first-order chi connectivity index (χ1) is 10.3. The van der Waals surface area contributed by atoms with Crippen molar-refractivity contribution in [3.8, 4) is 0 Å². The van der Waals surface area contributed by atoms with Crippen LogP contribution < -0.4 is 10.6 Å².